The van der Waals surface area contributed by atoms with E-state index in [0.717, 1.165) is 0 Å². The number of unbranched alkanes of at least 4 members (excludes halogenated alkanes) is 4. The molecule has 0 aliphatic heterocycles. The summed E-state index contributed by atoms with van der Waals surface area (Å²) in [5, 5.41) is 63.7. The Morgan fingerprint density at radius 1 is 0.288 bits per heavy atom. The van der Waals surface area contributed by atoms with Crippen molar-refractivity contribution in [1.82, 2.24) is 37.2 Å². The zero-order valence-corrected chi connectivity index (χ0v) is 41.1. The number of carboxylic acids is 5. The lowest BCUT2D eigenvalue weighted by Gasteiger charge is -2.28. The Morgan fingerprint density at radius 2 is 0.493 bits per heavy atom. The maximum absolute atomic E-state index is 14.0. The van der Waals surface area contributed by atoms with Gasteiger partial charge in [0, 0.05) is 25.7 Å². The number of carboxylic acid groups (broad SMARTS) is 5. The molecule has 0 saturated heterocycles. The number of carbonyl (C=O) groups excluding carboxylic acids is 7. The highest BCUT2D eigenvalue weighted by atomic mass is 16.4. The van der Waals surface area contributed by atoms with Crippen molar-refractivity contribution in [3.63, 3.8) is 0 Å². The minimum atomic E-state index is -1.71. The molecule has 0 spiro atoms. The lowest BCUT2D eigenvalue weighted by molar-refractivity contribution is -0.143. The fraction of sp³-hybridized carbons (Fsp3) is 0.727. The van der Waals surface area contributed by atoms with Crippen molar-refractivity contribution in [3.8, 4) is 0 Å². The molecule has 0 aliphatic rings. The first-order valence-corrected chi connectivity index (χ1v) is 24.3. The van der Waals surface area contributed by atoms with Crippen LogP contribution in [-0.4, -0.2) is 171 Å². The Balaban J connectivity index is 6.83. The van der Waals surface area contributed by atoms with Gasteiger partial charge in [0.15, 0.2) is 0 Å². The zero-order chi connectivity index (χ0) is 55.5. The molecule has 0 aromatic heterocycles. The number of nitrogens with two attached hydrogens (primary N) is 5. The van der Waals surface area contributed by atoms with Crippen LogP contribution in [0.15, 0.2) is 0 Å². The van der Waals surface area contributed by atoms with E-state index in [1.165, 1.54) is 0 Å². The molecule has 0 heterocycles. The van der Waals surface area contributed by atoms with Crippen molar-refractivity contribution in [1.29, 1.82) is 0 Å². The second kappa shape index (κ2) is 38.1. The molecule has 0 aromatic rings. The first-order chi connectivity index (χ1) is 34.5. The summed E-state index contributed by atoms with van der Waals surface area (Å²) in [5.74, 6) is -14.1. The molecule has 0 rings (SSSR count). The minimum Gasteiger partial charge on any atom is -0.481 e. The van der Waals surface area contributed by atoms with E-state index in [4.69, 9.17) is 33.8 Å². The van der Waals surface area contributed by atoms with Gasteiger partial charge >= 0.3 is 29.8 Å². The van der Waals surface area contributed by atoms with Crippen LogP contribution in [0.25, 0.3) is 0 Å². The summed E-state index contributed by atoms with van der Waals surface area (Å²) < 4.78 is 0. The van der Waals surface area contributed by atoms with E-state index < -0.39 is 171 Å². The van der Waals surface area contributed by atoms with Crippen molar-refractivity contribution >= 4 is 71.2 Å². The highest BCUT2D eigenvalue weighted by Gasteiger charge is 2.35. The predicted octanol–water partition coefficient (Wildman–Crippen LogP) is -4.23. The van der Waals surface area contributed by atoms with Gasteiger partial charge in [0.1, 0.15) is 42.3 Å². The quantitative estimate of drug-likeness (QED) is 0.0257. The van der Waals surface area contributed by atoms with Crippen molar-refractivity contribution in [3.05, 3.63) is 0 Å². The molecule has 0 aromatic carbocycles. The van der Waals surface area contributed by atoms with E-state index in [-0.39, 0.29) is 64.6 Å². The van der Waals surface area contributed by atoms with Crippen molar-refractivity contribution in [2.45, 2.75) is 177 Å². The third kappa shape index (κ3) is 30.2. The van der Waals surface area contributed by atoms with Gasteiger partial charge in [-0.25, -0.2) is 4.79 Å². The molecular formula is C44H78N12O17. The minimum absolute atomic E-state index is 0.107. The Kier molecular flexibility index (Phi) is 34.7. The van der Waals surface area contributed by atoms with E-state index in [1.54, 1.807) is 0 Å². The Labute approximate surface area is 422 Å². The largest absolute Gasteiger partial charge is 0.481 e. The SMILES string of the molecule is NCCCC[C@H](NC(=O)[C@H](CCC(=O)O)NC(=O)[C@H](CCCCN)NC(=O)[C@H](CCC(=O)O)NC(=O)[C@H](CCCCN)NC(=O)[C@H](CCC(=O)O)NC(=O)[C@@H](N)CCCCN)C(=O)N[C@@H](CCC(=O)O)C(=O)O. The summed E-state index contributed by atoms with van der Waals surface area (Å²) >= 11 is 0. The lowest BCUT2D eigenvalue weighted by atomic mass is 10.0. The van der Waals surface area contributed by atoms with Crippen molar-refractivity contribution in [2.75, 3.05) is 26.2 Å². The van der Waals surface area contributed by atoms with Crippen molar-refractivity contribution < 1.29 is 83.1 Å². The van der Waals surface area contributed by atoms with Crippen LogP contribution in [0, 0.1) is 0 Å². The number of hydrogen-bond acceptors (Lipinski definition) is 17. The Morgan fingerprint density at radius 3 is 0.726 bits per heavy atom. The molecule has 29 heteroatoms. The number of carbonyl (C=O) groups is 12. The number of hydrogen-bond donors (Lipinski definition) is 17. The van der Waals surface area contributed by atoms with Crippen LogP contribution in [0.5, 0.6) is 0 Å². The van der Waals surface area contributed by atoms with Gasteiger partial charge in [-0.05, 0) is 122 Å². The summed E-state index contributed by atoms with van der Waals surface area (Å²) in [4.78, 5) is 154. The summed E-state index contributed by atoms with van der Waals surface area (Å²) in [5.41, 5.74) is 28.4. The normalized spacial score (nSPS) is 14.3. The standard InChI is InChI=1S/C44H78N12O17/c45-21-5-1-9-25(49)37(65)50-29(13-17-33(57)58)41(69)51-26(10-2-6-22-46)38(66)54-30(14-18-34(59)60)42(70)52-27(11-3-7-23-47)39(67)55-31(15-19-35(61)62)43(71)53-28(12-4-8-24-48)40(68)56-32(44(72)73)16-20-36(63)64/h25-32H,1-24,45-49H2,(H,50,65)(H,51,69)(H,52,70)(H,53,71)(H,54,66)(H,55,67)(H,56,68)(H,57,58)(H,59,60)(H,61,62)(H,63,64)(H,72,73)/t25-,26-,27-,28-,29-,30-,31-,32-/m0/s1. The highest BCUT2D eigenvalue weighted by Crippen LogP contribution is 2.12. The van der Waals surface area contributed by atoms with Crippen LogP contribution in [-0.2, 0) is 57.5 Å². The third-order valence-corrected chi connectivity index (χ3v) is 11.1. The Bertz CT molecular complexity index is 1830. The second-order valence-corrected chi connectivity index (χ2v) is 17.2. The number of nitrogens with one attached hydrogen (secondary N) is 7. The maximum atomic E-state index is 14.0. The van der Waals surface area contributed by atoms with Crippen LogP contribution >= 0.6 is 0 Å². The van der Waals surface area contributed by atoms with E-state index in [9.17, 15) is 78.0 Å². The third-order valence-electron chi connectivity index (χ3n) is 11.1. The topological polar surface area (TPSA) is 520 Å². The number of aliphatic carboxylic acids is 5. The molecule has 0 aliphatic carbocycles. The van der Waals surface area contributed by atoms with Gasteiger partial charge in [-0.1, -0.05) is 6.42 Å². The monoisotopic (exact) mass is 1050 g/mol. The van der Waals surface area contributed by atoms with E-state index >= 15 is 0 Å². The molecule has 73 heavy (non-hydrogen) atoms. The van der Waals surface area contributed by atoms with Gasteiger partial charge < -0.3 is 91.4 Å². The van der Waals surface area contributed by atoms with Crippen LogP contribution in [0.1, 0.15) is 128 Å². The number of amides is 7. The van der Waals surface area contributed by atoms with Gasteiger partial charge in [0.05, 0.1) is 6.04 Å². The molecule has 29 nitrogen and oxygen atoms in total. The summed E-state index contributed by atoms with van der Waals surface area (Å²) in [6, 6.07) is -12.2. The van der Waals surface area contributed by atoms with Crippen LogP contribution in [0.4, 0.5) is 0 Å². The lowest BCUT2D eigenvalue weighted by Crippen LogP contribution is -2.60. The van der Waals surface area contributed by atoms with Crippen LogP contribution < -0.4 is 65.9 Å². The molecule has 0 fully saturated rings. The average Bonchev–Trinajstić information content (AvgIpc) is 3.32. The molecule has 416 valence electrons. The second-order valence-electron chi connectivity index (χ2n) is 17.2. The first-order valence-electron chi connectivity index (χ1n) is 24.3. The zero-order valence-electron chi connectivity index (χ0n) is 41.1. The fourth-order valence-electron chi connectivity index (χ4n) is 6.97. The summed E-state index contributed by atoms with van der Waals surface area (Å²) in [7, 11) is 0. The fourth-order valence-corrected chi connectivity index (χ4v) is 6.97. The molecule has 0 bridgehead atoms. The van der Waals surface area contributed by atoms with Gasteiger partial charge in [0.25, 0.3) is 0 Å². The van der Waals surface area contributed by atoms with E-state index in [1.807, 2.05) is 0 Å². The molecule has 0 unspecified atom stereocenters. The first kappa shape index (κ1) is 66.4. The van der Waals surface area contributed by atoms with Gasteiger partial charge in [-0.15, -0.1) is 0 Å². The average molecular weight is 1050 g/mol. The molecule has 0 saturated carbocycles. The highest BCUT2D eigenvalue weighted by molar-refractivity contribution is 5.98. The van der Waals surface area contributed by atoms with Crippen LogP contribution in [0.3, 0.4) is 0 Å². The van der Waals surface area contributed by atoms with E-state index in [2.05, 4.69) is 37.2 Å². The van der Waals surface area contributed by atoms with E-state index in [0.29, 0.717) is 38.6 Å². The summed E-state index contributed by atoms with van der Waals surface area (Å²) in [6.45, 7) is 0.821. The maximum Gasteiger partial charge on any atom is 0.326 e. The Hall–Kier alpha value is -6.56. The van der Waals surface area contributed by atoms with Gasteiger partial charge in [-0.2, -0.15) is 0 Å². The molecule has 8 atom stereocenters. The van der Waals surface area contributed by atoms with Gasteiger partial charge in [-0.3, -0.25) is 52.7 Å². The van der Waals surface area contributed by atoms with Crippen LogP contribution in [0.2, 0.25) is 0 Å². The molecule has 22 N–H and O–H groups in total. The molecule has 0 radical (unpaired) electrons. The van der Waals surface area contributed by atoms with Crippen molar-refractivity contribution in [2.24, 2.45) is 28.7 Å². The molecule has 7 amide bonds. The predicted molar refractivity (Wildman–Crippen MR) is 258 cm³/mol. The molecular weight excluding hydrogens is 969 g/mol. The van der Waals surface area contributed by atoms with Gasteiger partial charge in [0.2, 0.25) is 41.4 Å². The number of rotatable bonds is 43. The summed E-state index contributed by atoms with van der Waals surface area (Å²) in [6.07, 6.45) is -2.17. The smallest absolute Gasteiger partial charge is 0.326 e.